The summed E-state index contributed by atoms with van der Waals surface area (Å²) in [7, 11) is 0. The molecule has 0 saturated carbocycles. The number of aromatic nitrogens is 2. The van der Waals surface area contributed by atoms with E-state index in [-0.39, 0.29) is 11.7 Å². The van der Waals surface area contributed by atoms with Gasteiger partial charge in [-0.15, -0.1) is 5.10 Å². The van der Waals surface area contributed by atoms with Gasteiger partial charge in [0.15, 0.2) is 0 Å². The summed E-state index contributed by atoms with van der Waals surface area (Å²) in [5.41, 5.74) is 1.95. The van der Waals surface area contributed by atoms with Gasteiger partial charge < -0.3 is 9.73 Å². The number of hydrogen-bond acceptors (Lipinski definition) is 4. The number of nitrogens with zero attached hydrogens (tertiary/aromatic N) is 2. The molecular weight excluding hydrogens is 276 g/mol. The molecule has 1 N–H and O–H groups in total. The van der Waals surface area contributed by atoms with E-state index >= 15 is 0 Å². The molecule has 1 aromatic heterocycles. The fourth-order valence-electron chi connectivity index (χ4n) is 1.79. The Kier molecular flexibility index (Phi) is 3.35. The monoisotopic (exact) mass is 287 g/mol. The van der Waals surface area contributed by atoms with E-state index in [1.165, 1.54) is 6.07 Å². The number of aryl methyl sites for hydroxylation is 1. The second-order valence-electron chi connectivity index (χ2n) is 4.53. The van der Waals surface area contributed by atoms with Crippen molar-refractivity contribution in [2.24, 2.45) is 0 Å². The quantitative estimate of drug-likeness (QED) is 0.789. The highest BCUT2D eigenvalue weighted by Crippen LogP contribution is 2.24. The highest BCUT2D eigenvalue weighted by Gasteiger charge is 2.11. The van der Waals surface area contributed by atoms with Crippen LogP contribution in [0.1, 0.15) is 5.56 Å². The van der Waals surface area contributed by atoms with Crippen molar-refractivity contribution in [3.05, 3.63) is 59.7 Å². The first kappa shape index (κ1) is 13.2. The molecule has 4 nitrogen and oxygen atoms in total. The minimum atomic E-state index is -0.731. The van der Waals surface area contributed by atoms with Crippen LogP contribution >= 0.6 is 0 Å². The van der Waals surface area contributed by atoms with Crippen molar-refractivity contribution in [3.63, 3.8) is 0 Å². The molecule has 0 radical (unpaired) electrons. The minimum absolute atomic E-state index is 0.0380. The zero-order chi connectivity index (χ0) is 14.8. The van der Waals surface area contributed by atoms with Crippen molar-refractivity contribution in [1.29, 1.82) is 0 Å². The van der Waals surface area contributed by atoms with Gasteiger partial charge in [0.2, 0.25) is 5.89 Å². The molecule has 0 atom stereocenters. The van der Waals surface area contributed by atoms with Crippen LogP contribution in [0.3, 0.4) is 0 Å². The van der Waals surface area contributed by atoms with Crippen molar-refractivity contribution < 1.29 is 13.2 Å². The van der Waals surface area contributed by atoms with Gasteiger partial charge in [0.1, 0.15) is 11.6 Å². The third-order valence-electron chi connectivity index (χ3n) is 2.90. The van der Waals surface area contributed by atoms with Crippen molar-refractivity contribution in [1.82, 2.24) is 10.2 Å². The van der Waals surface area contributed by atoms with E-state index in [9.17, 15) is 8.78 Å². The van der Waals surface area contributed by atoms with Gasteiger partial charge in [-0.1, -0.05) is 22.8 Å². The van der Waals surface area contributed by atoms with E-state index in [1.54, 1.807) is 0 Å². The van der Waals surface area contributed by atoms with Gasteiger partial charge in [-0.05, 0) is 31.2 Å². The molecule has 0 aliphatic rings. The maximum absolute atomic E-state index is 13.5. The summed E-state index contributed by atoms with van der Waals surface area (Å²) in [5.74, 6) is -1.06. The molecule has 0 saturated heterocycles. The molecule has 0 unspecified atom stereocenters. The number of anilines is 2. The molecule has 0 fully saturated rings. The standard InChI is InChI=1S/C15H11F2N3O/c1-9-2-4-10(5-3-9)14-19-20-15(21-14)18-13-7-6-11(16)8-12(13)17/h2-8H,1H3,(H,18,20). The molecule has 0 amide bonds. The summed E-state index contributed by atoms with van der Waals surface area (Å²) in [5, 5.41) is 10.3. The second-order valence-corrected chi connectivity index (χ2v) is 4.53. The Balaban J connectivity index is 1.83. The lowest BCUT2D eigenvalue weighted by Gasteiger charge is -2.02. The van der Waals surface area contributed by atoms with Crippen molar-refractivity contribution in [3.8, 4) is 11.5 Å². The van der Waals surface area contributed by atoms with E-state index in [0.29, 0.717) is 5.89 Å². The first-order valence-corrected chi connectivity index (χ1v) is 6.24. The SMILES string of the molecule is Cc1ccc(-c2nnc(Nc3ccc(F)cc3F)o2)cc1. The Morgan fingerprint density at radius 1 is 1.00 bits per heavy atom. The predicted octanol–water partition coefficient (Wildman–Crippen LogP) is 4.07. The molecule has 21 heavy (non-hydrogen) atoms. The van der Waals surface area contributed by atoms with Crippen LogP contribution in [0.2, 0.25) is 0 Å². The largest absolute Gasteiger partial charge is 0.403 e. The van der Waals surface area contributed by atoms with Crippen molar-refractivity contribution in [2.75, 3.05) is 5.32 Å². The molecule has 1 heterocycles. The molecule has 3 aromatic rings. The molecule has 106 valence electrons. The zero-order valence-corrected chi connectivity index (χ0v) is 11.1. The number of hydrogen-bond donors (Lipinski definition) is 1. The van der Waals surface area contributed by atoms with Crippen LogP contribution in [0.5, 0.6) is 0 Å². The van der Waals surface area contributed by atoms with Crippen LogP contribution in [0, 0.1) is 18.6 Å². The lowest BCUT2D eigenvalue weighted by molar-refractivity contribution is 0.575. The summed E-state index contributed by atoms with van der Waals surface area (Å²) in [6, 6.07) is 10.8. The van der Waals surface area contributed by atoms with E-state index in [0.717, 1.165) is 23.3 Å². The van der Waals surface area contributed by atoms with Crippen LogP contribution in [-0.2, 0) is 0 Å². The van der Waals surface area contributed by atoms with Gasteiger partial charge in [0.05, 0.1) is 5.69 Å². The average molecular weight is 287 g/mol. The van der Waals surface area contributed by atoms with Gasteiger partial charge in [-0.3, -0.25) is 0 Å². The Labute approximate surface area is 119 Å². The van der Waals surface area contributed by atoms with Crippen LogP contribution in [0.15, 0.2) is 46.9 Å². The number of benzene rings is 2. The van der Waals surface area contributed by atoms with E-state index in [1.807, 2.05) is 31.2 Å². The normalized spacial score (nSPS) is 10.6. The number of nitrogens with one attached hydrogen (secondary N) is 1. The zero-order valence-electron chi connectivity index (χ0n) is 11.1. The third-order valence-corrected chi connectivity index (χ3v) is 2.90. The maximum atomic E-state index is 13.5. The Morgan fingerprint density at radius 3 is 2.48 bits per heavy atom. The highest BCUT2D eigenvalue weighted by molar-refractivity contribution is 5.57. The predicted molar refractivity (Wildman–Crippen MR) is 74.1 cm³/mol. The molecule has 0 spiro atoms. The summed E-state index contributed by atoms with van der Waals surface area (Å²) in [6.07, 6.45) is 0. The fourth-order valence-corrected chi connectivity index (χ4v) is 1.79. The second kappa shape index (κ2) is 5.32. The van der Waals surface area contributed by atoms with E-state index in [4.69, 9.17) is 4.42 Å². The lowest BCUT2D eigenvalue weighted by atomic mass is 10.1. The summed E-state index contributed by atoms with van der Waals surface area (Å²) in [4.78, 5) is 0. The smallest absolute Gasteiger partial charge is 0.320 e. The molecular formula is C15H11F2N3O. The minimum Gasteiger partial charge on any atom is -0.403 e. The van der Waals surface area contributed by atoms with Crippen LogP contribution in [-0.4, -0.2) is 10.2 Å². The average Bonchev–Trinajstić information content (AvgIpc) is 2.91. The topological polar surface area (TPSA) is 51.0 Å². The van der Waals surface area contributed by atoms with Crippen molar-refractivity contribution >= 4 is 11.7 Å². The van der Waals surface area contributed by atoms with E-state index < -0.39 is 11.6 Å². The molecule has 0 bridgehead atoms. The van der Waals surface area contributed by atoms with Gasteiger partial charge in [-0.2, -0.15) is 0 Å². The van der Waals surface area contributed by atoms with E-state index in [2.05, 4.69) is 15.5 Å². The van der Waals surface area contributed by atoms with Crippen LogP contribution < -0.4 is 5.32 Å². The van der Waals surface area contributed by atoms with Gasteiger partial charge in [0.25, 0.3) is 0 Å². The molecule has 2 aromatic carbocycles. The first-order valence-electron chi connectivity index (χ1n) is 6.24. The van der Waals surface area contributed by atoms with Crippen molar-refractivity contribution in [2.45, 2.75) is 6.92 Å². The third kappa shape index (κ3) is 2.89. The Morgan fingerprint density at radius 2 is 1.76 bits per heavy atom. The van der Waals surface area contributed by atoms with Gasteiger partial charge >= 0.3 is 6.01 Å². The lowest BCUT2D eigenvalue weighted by Crippen LogP contribution is -1.94. The van der Waals surface area contributed by atoms with Gasteiger partial charge in [-0.25, -0.2) is 8.78 Å². The fraction of sp³-hybridized carbons (Fsp3) is 0.0667. The molecule has 0 aliphatic carbocycles. The first-order chi connectivity index (χ1) is 10.1. The van der Waals surface area contributed by atoms with Gasteiger partial charge in [0, 0.05) is 11.6 Å². The highest BCUT2D eigenvalue weighted by atomic mass is 19.1. The summed E-state index contributed by atoms with van der Waals surface area (Å²) >= 11 is 0. The van der Waals surface area contributed by atoms with Crippen LogP contribution in [0.4, 0.5) is 20.5 Å². The number of halogens is 2. The summed E-state index contributed by atoms with van der Waals surface area (Å²) in [6.45, 7) is 1.97. The Hall–Kier alpha value is -2.76. The Bertz CT molecular complexity index is 769. The number of rotatable bonds is 3. The molecule has 6 heteroatoms. The maximum Gasteiger partial charge on any atom is 0.320 e. The molecule has 0 aliphatic heterocycles. The van der Waals surface area contributed by atoms with Crippen LogP contribution in [0.25, 0.3) is 11.5 Å². The summed E-state index contributed by atoms with van der Waals surface area (Å²) < 4.78 is 31.7. The molecule has 3 rings (SSSR count).